The van der Waals surface area contributed by atoms with Crippen molar-refractivity contribution in [1.82, 2.24) is 0 Å². The van der Waals surface area contributed by atoms with Gasteiger partial charge in [-0.1, -0.05) is 12.8 Å². The summed E-state index contributed by atoms with van der Waals surface area (Å²) < 4.78 is 38.8. The molecule has 1 fully saturated rings. The summed E-state index contributed by atoms with van der Waals surface area (Å²) in [5.74, 6) is -0.0888. The topological polar surface area (TPSA) is 32.3 Å². The summed E-state index contributed by atoms with van der Waals surface area (Å²) in [6, 6.07) is 3.51. The van der Waals surface area contributed by atoms with E-state index in [9.17, 15) is 18.0 Å². The number of nitrogens with one attached hydrogen (secondary N) is 1. The third kappa shape index (κ3) is 2.08. The van der Waals surface area contributed by atoms with Crippen molar-refractivity contribution in [3.8, 4) is 0 Å². The van der Waals surface area contributed by atoms with Crippen molar-refractivity contribution < 1.29 is 18.0 Å². The minimum Gasteiger partial charge on any atom is -0.356 e. The predicted octanol–water partition coefficient (Wildman–Crippen LogP) is 3.80. The van der Waals surface area contributed by atoms with Crippen LogP contribution in [0.5, 0.6) is 0 Å². The summed E-state index contributed by atoms with van der Waals surface area (Å²) in [6.45, 7) is 2.39. The number of anilines is 2. The van der Waals surface area contributed by atoms with Gasteiger partial charge in [-0.05, 0) is 38.0 Å². The first-order chi connectivity index (χ1) is 9.88. The lowest BCUT2D eigenvalue weighted by Crippen LogP contribution is -2.58. The van der Waals surface area contributed by atoms with E-state index in [4.69, 9.17) is 0 Å². The molecular weight excluding hydrogens is 281 g/mol. The highest BCUT2D eigenvalue weighted by Gasteiger charge is 2.49. The second kappa shape index (κ2) is 4.64. The van der Waals surface area contributed by atoms with Crippen LogP contribution < -0.4 is 10.2 Å². The van der Waals surface area contributed by atoms with Crippen LogP contribution in [0.3, 0.4) is 0 Å². The first-order valence-electron chi connectivity index (χ1n) is 7.19. The van der Waals surface area contributed by atoms with Gasteiger partial charge in [0.2, 0.25) is 5.91 Å². The molecule has 1 heterocycles. The smallest absolute Gasteiger partial charge is 0.356 e. The normalized spacial score (nSPS) is 20.6. The van der Waals surface area contributed by atoms with Crippen LogP contribution in [0.25, 0.3) is 0 Å². The maximum Gasteiger partial charge on any atom is 0.416 e. The van der Waals surface area contributed by atoms with Crippen LogP contribution in [0.2, 0.25) is 0 Å². The standard InChI is InChI=1S/C15H17F3N2O/c1-2-20-12-9-10(15(16,17)18)5-6-11(12)19-13(21)14(20)7-3-4-8-14/h5-6,9H,2-4,7-8H2,1H3,(H,19,21). The van der Waals surface area contributed by atoms with E-state index in [1.807, 2.05) is 11.8 Å². The molecule has 1 saturated carbocycles. The van der Waals surface area contributed by atoms with Gasteiger partial charge in [-0.25, -0.2) is 0 Å². The third-order valence-electron chi connectivity index (χ3n) is 4.55. The van der Waals surface area contributed by atoms with Crippen molar-refractivity contribution in [1.29, 1.82) is 0 Å². The van der Waals surface area contributed by atoms with Gasteiger partial charge in [0.1, 0.15) is 5.54 Å². The van der Waals surface area contributed by atoms with Gasteiger partial charge in [-0.15, -0.1) is 0 Å². The minimum absolute atomic E-state index is 0.0888. The Kier molecular flexibility index (Phi) is 3.15. The van der Waals surface area contributed by atoms with Gasteiger partial charge in [-0.2, -0.15) is 13.2 Å². The quantitative estimate of drug-likeness (QED) is 0.855. The lowest BCUT2D eigenvalue weighted by atomic mass is 9.89. The Hall–Kier alpha value is -1.72. The molecule has 1 aromatic rings. The van der Waals surface area contributed by atoms with E-state index in [1.54, 1.807) is 0 Å². The predicted molar refractivity (Wildman–Crippen MR) is 74.3 cm³/mol. The van der Waals surface area contributed by atoms with Crippen molar-refractivity contribution in [3.05, 3.63) is 23.8 Å². The zero-order chi connectivity index (χ0) is 15.3. The fourth-order valence-electron chi connectivity index (χ4n) is 3.56. The molecule has 0 atom stereocenters. The van der Waals surface area contributed by atoms with Gasteiger partial charge in [0.05, 0.1) is 16.9 Å². The minimum atomic E-state index is -4.38. The molecule has 2 aliphatic rings. The van der Waals surface area contributed by atoms with E-state index < -0.39 is 17.3 Å². The second-order valence-corrected chi connectivity index (χ2v) is 5.67. The Balaban J connectivity index is 2.12. The van der Waals surface area contributed by atoms with E-state index in [0.717, 1.165) is 25.0 Å². The molecular formula is C15H17F3N2O. The summed E-state index contributed by atoms with van der Waals surface area (Å²) in [6.07, 6.45) is -1.13. The molecule has 1 N–H and O–H groups in total. The molecule has 3 nitrogen and oxygen atoms in total. The first-order valence-corrected chi connectivity index (χ1v) is 7.19. The highest BCUT2D eigenvalue weighted by Crippen LogP contribution is 2.46. The molecule has 0 unspecified atom stereocenters. The van der Waals surface area contributed by atoms with Gasteiger partial charge in [0.25, 0.3) is 0 Å². The summed E-state index contributed by atoms with van der Waals surface area (Å²) >= 11 is 0. The van der Waals surface area contributed by atoms with Gasteiger partial charge >= 0.3 is 6.18 Å². The lowest BCUT2D eigenvalue weighted by molar-refractivity contribution is -0.137. The van der Waals surface area contributed by atoms with Gasteiger partial charge in [0.15, 0.2) is 0 Å². The van der Waals surface area contributed by atoms with Crippen molar-refractivity contribution >= 4 is 17.3 Å². The number of benzene rings is 1. The molecule has 1 amide bonds. The number of fused-ring (bicyclic) bond motifs is 1. The lowest BCUT2D eigenvalue weighted by Gasteiger charge is -2.45. The summed E-state index contributed by atoms with van der Waals surface area (Å²) in [7, 11) is 0. The van der Waals surface area contributed by atoms with Crippen molar-refractivity contribution in [2.45, 2.75) is 44.3 Å². The van der Waals surface area contributed by atoms with Gasteiger partial charge < -0.3 is 10.2 Å². The molecule has 1 aliphatic carbocycles. The number of nitrogens with zero attached hydrogens (tertiary/aromatic N) is 1. The average molecular weight is 298 g/mol. The van der Waals surface area contributed by atoms with Crippen LogP contribution in [0.4, 0.5) is 24.5 Å². The van der Waals surface area contributed by atoms with Gasteiger partial charge in [-0.3, -0.25) is 4.79 Å². The number of carbonyl (C=O) groups is 1. The van der Waals surface area contributed by atoms with Crippen LogP contribution in [0.1, 0.15) is 38.2 Å². The van der Waals surface area contributed by atoms with Crippen molar-refractivity contribution in [3.63, 3.8) is 0 Å². The number of carbonyl (C=O) groups excluding carboxylic acids is 1. The number of hydrogen-bond donors (Lipinski definition) is 1. The van der Waals surface area contributed by atoms with Crippen LogP contribution in [-0.4, -0.2) is 18.0 Å². The zero-order valence-electron chi connectivity index (χ0n) is 11.8. The Morgan fingerprint density at radius 1 is 1.29 bits per heavy atom. The first kappa shape index (κ1) is 14.2. The molecule has 3 rings (SSSR count). The molecule has 6 heteroatoms. The number of hydrogen-bond acceptors (Lipinski definition) is 2. The van der Waals surface area contributed by atoms with Crippen LogP contribution in [0, 0.1) is 0 Å². The number of rotatable bonds is 1. The van der Waals surface area contributed by atoms with Crippen molar-refractivity contribution in [2.24, 2.45) is 0 Å². The number of likely N-dealkylation sites (N-methyl/N-ethyl adjacent to an activating group) is 1. The number of amides is 1. The van der Waals surface area contributed by atoms with Crippen LogP contribution in [0.15, 0.2) is 18.2 Å². The third-order valence-corrected chi connectivity index (χ3v) is 4.55. The molecule has 21 heavy (non-hydrogen) atoms. The zero-order valence-corrected chi connectivity index (χ0v) is 11.8. The monoisotopic (exact) mass is 298 g/mol. The van der Waals surface area contributed by atoms with E-state index in [-0.39, 0.29) is 5.91 Å². The van der Waals surface area contributed by atoms with E-state index in [1.165, 1.54) is 6.07 Å². The second-order valence-electron chi connectivity index (χ2n) is 5.67. The molecule has 0 aromatic heterocycles. The number of halogens is 3. The Morgan fingerprint density at radius 3 is 2.52 bits per heavy atom. The summed E-state index contributed by atoms with van der Waals surface area (Å²) in [5.41, 5.74) is -0.406. The Bertz CT molecular complexity index is 577. The Labute approximate surface area is 121 Å². The fourth-order valence-corrected chi connectivity index (χ4v) is 3.56. The van der Waals surface area contributed by atoms with E-state index >= 15 is 0 Å². The largest absolute Gasteiger partial charge is 0.416 e. The molecule has 1 spiro atoms. The van der Waals surface area contributed by atoms with E-state index in [2.05, 4.69) is 5.32 Å². The van der Waals surface area contributed by atoms with E-state index in [0.29, 0.717) is 30.8 Å². The highest BCUT2D eigenvalue weighted by atomic mass is 19.4. The number of alkyl halides is 3. The molecule has 1 aromatic carbocycles. The van der Waals surface area contributed by atoms with Crippen LogP contribution >= 0.6 is 0 Å². The molecule has 1 aliphatic heterocycles. The van der Waals surface area contributed by atoms with Gasteiger partial charge in [0, 0.05) is 6.54 Å². The summed E-state index contributed by atoms with van der Waals surface area (Å²) in [4.78, 5) is 14.3. The highest BCUT2D eigenvalue weighted by molar-refractivity contribution is 6.07. The summed E-state index contributed by atoms with van der Waals surface area (Å²) in [5, 5.41) is 2.79. The average Bonchev–Trinajstić information content (AvgIpc) is 2.89. The van der Waals surface area contributed by atoms with Crippen molar-refractivity contribution in [2.75, 3.05) is 16.8 Å². The maximum absolute atomic E-state index is 12.9. The SMILES string of the molecule is CCN1c2cc(C(F)(F)F)ccc2NC(=O)C12CCCC2. The molecule has 0 saturated heterocycles. The molecule has 0 bridgehead atoms. The maximum atomic E-state index is 12.9. The molecule has 114 valence electrons. The Morgan fingerprint density at radius 2 is 1.95 bits per heavy atom. The van der Waals surface area contributed by atoms with Crippen LogP contribution in [-0.2, 0) is 11.0 Å². The molecule has 0 radical (unpaired) electrons. The fraction of sp³-hybridized carbons (Fsp3) is 0.533.